The Kier molecular flexibility index (Phi) is 8.17. The van der Waals surface area contributed by atoms with Crippen LogP contribution in [0.15, 0.2) is 4.99 Å². The zero-order valence-corrected chi connectivity index (χ0v) is 16.4. The lowest BCUT2D eigenvalue weighted by Gasteiger charge is -2.30. The summed E-state index contributed by atoms with van der Waals surface area (Å²) < 4.78 is 66.7. The van der Waals surface area contributed by atoms with Gasteiger partial charge in [-0.05, 0) is 44.4 Å². The Morgan fingerprint density at radius 2 is 1.81 bits per heavy atom. The van der Waals surface area contributed by atoms with Gasteiger partial charge in [0.1, 0.15) is 0 Å². The first-order valence-corrected chi connectivity index (χ1v) is 10.8. The van der Waals surface area contributed by atoms with Crippen molar-refractivity contribution in [2.24, 2.45) is 16.8 Å². The summed E-state index contributed by atoms with van der Waals surface area (Å²) in [5.41, 5.74) is -5.23. The second-order valence-electron chi connectivity index (χ2n) is 6.96. The van der Waals surface area contributed by atoms with Gasteiger partial charge in [0.05, 0.1) is 6.61 Å². The highest BCUT2D eigenvalue weighted by Crippen LogP contribution is 2.30. The standard InChI is InChI=1S/C16H29F3N4O3S/c1-2-20-15(21-7-10-26-12-14-3-4-14)22-11-13-5-8-23(9-6-13)27(24,25)16(17,18)19/h13-14H,2-12H2,1H3,(H2,20,21,22). The van der Waals surface area contributed by atoms with Crippen LogP contribution in [0.5, 0.6) is 0 Å². The number of rotatable bonds is 9. The minimum Gasteiger partial charge on any atom is -0.379 e. The number of aliphatic imine (C=N–C) groups is 1. The van der Waals surface area contributed by atoms with E-state index in [1.807, 2.05) is 6.92 Å². The highest BCUT2D eigenvalue weighted by atomic mass is 32.2. The molecular weight excluding hydrogens is 385 g/mol. The molecule has 0 bridgehead atoms. The highest BCUT2D eigenvalue weighted by Gasteiger charge is 2.50. The van der Waals surface area contributed by atoms with Crippen LogP contribution in [-0.4, -0.2) is 70.1 Å². The van der Waals surface area contributed by atoms with Gasteiger partial charge >= 0.3 is 15.5 Å². The summed E-state index contributed by atoms with van der Waals surface area (Å²) in [5, 5.41) is 6.28. The van der Waals surface area contributed by atoms with Gasteiger partial charge in [0.2, 0.25) is 0 Å². The Morgan fingerprint density at radius 3 is 2.37 bits per heavy atom. The molecule has 0 spiro atoms. The summed E-state index contributed by atoms with van der Waals surface area (Å²) in [6, 6.07) is 0. The van der Waals surface area contributed by atoms with Crippen LogP contribution in [0.4, 0.5) is 13.2 Å². The summed E-state index contributed by atoms with van der Waals surface area (Å²) in [6.45, 7) is 4.85. The molecule has 1 aliphatic carbocycles. The van der Waals surface area contributed by atoms with Crippen LogP contribution in [0.3, 0.4) is 0 Å². The number of ether oxygens (including phenoxy) is 1. The average molecular weight is 414 g/mol. The molecular formula is C16H29F3N4O3S. The van der Waals surface area contributed by atoms with Crippen molar-refractivity contribution in [1.29, 1.82) is 0 Å². The lowest BCUT2D eigenvalue weighted by atomic mass is 9.98. The van der Waals surface area contributed by atoms with Crippen LogP contribution in [0.1, 0.15) is 32.6 Å². The van der Waals surface area contributed by atoms with Crippen LogP contribution in [0.25, 0.3) is 0 Å². The topological polar surface area (TPSA) is 83.0 Å². The molecule has 0 unspecified atom stereocenters. The monoisotopic (exact) mass is 414 g/mol. The van der Waals surface area contributed by atoms with Crippen LogP contribution in [0.2, 0.25) is 0 Å². The molecule has 0 radical (unpaired) electrons. The Balaban J connectivity index is 1.72. The van der Waals surface area contributed by atoms with E-state index >= 15 is 0 Å². The Labute approximate surface area is 158 Å². The van der Waals surface area contributed by atoms with Gasteiger partial charge in [-0.2, -0.15) is 17.5 Å². The van der Waals surface area contributed by atoms with Crippen molar-refractivity contribution in [3.8, 4) is 0 Å². The molecule has 1 heterocycles. The van der Waals surface area contributed by atoms with E-state index in [2.05, 4.69) is 15.6 Å². The Hall–Kier alpha value is -1.07. The van der Waals surface area contributed by atoms with Crippen LogP contribution < -0.4 is 10.6 Å². The third kappa shape index (κ3) is 7.11. The van der Waals surface area contributed by atoms with Crippen molar-refractivity contribution in [3.05, 3.63) is 0 Å². The van der Waals surface area contributed by atoms with Gasteiger partial charge in [0, 0.05) is 39.3 Å². The molecule has 0 aromatic heterocycles. The Morgan fingerprint density at radius 1 is 1.15 bits per heavy atom. The van der Waals surface area contributed by atoms with Gasteiger partial charge in [-0.3, -0.25) is 4.99 Å². The van der Waals surface area contributed by atoms with E-state index in [0.29, 0.717) is 49.3 Å². The molecule has 0 amide bonds. The van der Waals surface area contributed by atoms with Gasteiger partial charge in [-0.1, -0.05) is 0 Å². The molecule has 0 aromatic rings. The summed E-state index contributed by atoms with van der Waals surface area (Å²) in [4.78, 5) is 4.47. The number of piperidine rings is 1. The van der Waals surface area contributed by atoms with Gasteiger partial charge in [0.15, 0.2) is 5.96 Å². The number of nitrogens with zero attached hydrogens (tertiary/aromatic N) is 2. The molecule has 27 heavy (non-hydrogen) atoms. The quantitative estimate of drug-likeness (QED) is 0.340. The first-order chi connectivity index (χ1) is 12.7. The van der Waals surface area contributed by atoms with E-state index in [-0.39, 0.29) is 19.0 Å². The molecule has 0 aromatic carbocycles. The maximum atomic E-state index is 12.6. The first kappa shape index (κ1) is 22.2. The maximum Gasteiger partial charge on any atom is 0.511 e. The van der Waals surface area contributed by atoms with Crippen LogP contribution >= 0.6 is 0 Å². The fraction of sp³-hybridized carbons (Fsp3) is 0.938. The Bertz CT molecular complexity index is 586. The van der Waals surface area contributed by atoms with E-state index in [1.54, 1.807) is 0 Å². The lowest BCUT2D eigenvalue weighted by Crippen LogP contribution is -2.45. The number of halogens is 3. The van der Waals surface area contributed by atoms with Crippen molar-refractivity contribution < 1.29 is 26.3 Å². The van der Waals surface area contributed by atoms with Crippen molar-refractivity contribution in [3.63, 3.8) is 0 Å². The summed E-state index contributed by atoms with van der Waals surface area (Å²) >= 11 is 0. The predicted molar refractivity (Wildman–Crippen MR) is 96.8 cm³/mol. The highest BCUT2D eigenvalue weighted by molar-refractivity contribution is 7.90. The van der Waals surface area contributed by atoms with E-state index in [4.69, 9.17) is 4.74 Å². The third-order valence-electron chi connectivity index (χ3n) is 4.65. The fourth-order valence-corrected chi connectivity index (χ4v) is 3.80. The summed E-state index contributed by atoms with van der Waals surface area (Å²) in [5.74, 6) is 1.42. The van der Waals surface area contributed by atoms with E-state index in [9.17, 15) is 21.6 Å². The van der Waals surface area contributed by atoms with Crippen molar-refractivity contribution in [2.45, 2.75) is 38.1 Å². The van der Waals surface area contributed by atoms with Crippen molar-refractivity contribution in [2.75, 3.05) is 45.9 Å². The van der Waals surface area contributed by atoms with Crippen LogP contribution in [-0.2, 0) is 14.8 Å². The van der Waals surface area contributed by atoms with E-state index in [0.717, 1.165) is 12.5 Å². The molecule has 1 saturated carbocycles. The van der Waals surface area contributed by atoms with Crippen LogP contribution in [0, 0.1) is 11.8 Å². The van der Waals surface area contributed by atoms with Gasteiger partial charge in [-0.15, -0.1) is 0 Å². The SMILES string of the molecule is CCNC(=NCC1CCN(S(=O)(=O)C(F)(F)F)CC1)NCCOCC1CC1. The third-order valence-corrected chi connectivity index (χ3v) is 6.28. The number of guanidine groups is 1. The number of hydrogen-bond donors (Lipinski definition) is 2. The minimum atomic E-state index is -5.23. The predicted octanol–water partition coefficient (Wildman–Crippen LogP) is 1.53. The second-order valence-corrected chi connectivity index (χ2v) is 8.89. The average Bonchev–Trinajstić information content (AvgIpc) is 3.43. The molecule has 0 atom stereocenters. The van der Waals surface area contributed by atoms with Gasteiger partial charge in [-0.25, -0.2) is 8.42 Å². The fourth-order valence-electron chi connectivity index (χ4n) is 2.82. The molecule has 1 saturated heterocycles. The number of hydrogen-bond acceptors (Lipinski definition) is 4. The molecule has 2 rings (SSSR count). The van der Waals surface area contributed by atoms with Crippen molar-refractivity contribution in [1.82, 2.24) is 14.9 Å². The molecule has 158 valence electrons. The van der Waals surface area contributed by atoms with E-state index in [1.165, 1.54) is 12.8 Å². The second kappa shape index (κ2) is 9.92. The van der Waals surface area contributed by atoms with Gasteiger partial charge < -0.3 is 15.4 Å². The molecule has 2 aliphatic rings. The summed E-state index contributed by atoms with van der Waals surface area (Å²) in [6.07, 6.45) is 3.23. The smallest absolute Gasteiger partial charge is 0.379 e. The number of nitrogens with one attached hydrogen (secondary N) is 2. The largest absolute Gasteiger partial charge is 0.511 e. The molecule has 2 N–H and O–H groups in total. The molecule has 2 fully saturated rings. The first-order valence-electron chi connectivity index (χ1n) is 9.40. The van der Waals surface area contributed by atoms with E-state index < -0.39 is 15.5 Å². The minimum absolute atomic E-state index is 0.0613. The normalized spacial score (nSPS) is 20.7. The van der Waals surface area contributed by atoms with Crippen molar-refractivity contribution >= 4 is 16.0 Å². The van der Waals surface area contributed by atoms with Gasteiger partial charge in [0.25, 0.3) is 0 Å². The summed E-state index contributed by atoms with van der Waals surface area (Å²) in [7, 11) is -5.22. The molecule has 11 heteroatoms. The zero-order valence-electron chi connectivity index (χ0n) is 15.6. The number of sulfonamides is 1. The molecule has 1 aliphatic heterocycles. The zero-order chi connectivity index (χ0) is 19.9. The number of alkyl halides is 3. The maximum absolute atomic E-state index is 12.6. The molecule has 7 nitrogen and oxygen atoms in total. The lowest BCUT2D eigenvalue weighted by molar-refractivity contribution is -0.0496.